The van der Waals surface area contributed by atoms with E-state index in [2.05, 4.69) is 10.3 Å². The zero-order valence-corrected chi connectivity index (χ0v) is 19.8. The summed E-state index contributed by atoms with van der Waals surface area (Å²) >= 11 is 0. The number of amides is 1. The molecule has 0 fully saturated rings. The molecular weight excluding hydrogens is 428 g/mol. The molecule has 1 aromatic heterocycles. The number of hydrogen-bond acceptors (Lipinski definition) is 5. The molecule has 0 aliphatic heterocycles. The zero-order valence-electron chi connectivity index (χ0n) is 19.0. The molecule has 1 amide bonds. The van der Waals surface area contributed by atoms with E-state index in [1.54, 1.807) is 25.3 Å². The number of sulfonamides is 1. The minimum Gasteiger partial charge on any atom is -0.497 e. The number of carbonyl (C=O) groups excluding carboxylic acids is 1. The Morgan fingerprint density at radius 3 is 2.47 bits per heavy atom. The van der Waals surface area contributed by atoms with Crippen molar-refractivity contribution in [1.82, 2.24) is 19.2 Å². The number of imidazole rings is 1. The Morgan fingerprint density at radius 2 is 1.84 bits per heavy atom. The predicted octanol–water partition coefficient (Wildman–Crippen LogP) is 2.61. The van der Waals surface area contributed by atoms with Crippen LogP contribution in [0.3, 0.4) is 0 Å². The van der Waals surface area contributed by atoms with Gasteiger partial charge in [-0.1, -0.05) is 12.1 Å². The second-order valence-electron chi connectivity index (χ2n) is 7.66. The Balaban J connectivity index is 1.62. The van der Waals surface area contributed by atoms with Gasteiger partial charge >= 0.3 is 0 Å². The molecule has 0 saturated carbocycles. The second-order valence-corrected chi connectivity index (χ2v) is 9.81. The molecule has 0 aliphatic carbocycles. The molecule has 9 heteroatoms. The number of nitrogens with one attached hydrogen (secondary N) is 1. The molecule has 0 atom stereocenters. The molecular formula is C23H30N4O4S. The summed E-state index contributed by atoms with van der Waals surface area (Å²) in [4.78, 5) is 17.2. The van der Waals surface area contributed by atoms with Gasteiger partial charge in [-0.15, -0.1) is 0 Å². The third-order valence-electron chi connectivity index (χ3n) is 5.36. The first kappa shape index (κ1) is 23.7. The maximum atomic E-state index is 12.4. The van der Waals surface area contributed by atoms with E-state index in [-0.39, 0.29) is 10.8 Å². The van der Waals surface area contributed by atoms with Gasteiger partial charge in [0.25, 0.3) is 0 Å². The highest BCUT2D eigenvalue weighted by Gasteiger charge is 2.19. The quantitative estimate of drug-likeness (QED) is 0.504. The zero-order chi connectivity index (χ0) is 23.3. The van der Waals surface area contributed by atoms with Gasteiger partial charge < -0.3 is 14.6 Å². The van der Waals surface area contributed by atoms with Crippen molar-refractivity contribution in [2.24, 2.45) is 0 Å². The average Bonchev–Trinajstić information content (AvgIpc) is 3.14. The lowest BCUT2D eigenvalue weighted by atomic mass is 10.1. The largest absolute Gasteiger partial charge is 0.497 e. The molecule has 3 rings (SSSR count). The van der Waals surface area contributed by atoms with Crippen LogP contribution in [0, 0.1) is 0 Å². The summed E-state index contributed by atoms with van der Waals surface area (Å²) in [5.74, 6) is 1.54. The van der Waals surface area contributed by atoms with Crippen LogP contribution in [0.15, 0.2) is 47.4 Å². The fourth-order valence-electron chi connectivity index (χ4n) is 3.53. The highest BCUT2D eigenvalue weighted by molar-refractivity contribution is 7.89. The molecule has 0 saturated heterocycles. The van der Waals surface area contributed by atoms with Gasteiger partial charge in [-0.25, -0.2) is 17.7 Å². The van der Waals surface area contributed by atoms with E-state index in [0.717, 1.165) is 29.1 Å². The first-order valence-electron chi connectivity index (χ1n) is 10.6. The number of benzene rings is 2. The molecule has 3 aromatic rings. The smallest absolute Gasteiger partial charge is 0.242 e. The summed E-state index contributed by atoms with van der Waals surface area (Å²) in [5, 5.41) is 2.95. The molecule has 32 heavy (non-hydrogen) atoms. The summed E-state index contributed by atoms with van der Waals surface area (Å²) in [7, 11) is 1.11. The number of rotatable bonds is 10. The summed E-state index contributed by atoms with van der Waals surface area (Å²) in [6.45, 7) is 3.25. The molecule has 8 nitrogen and oxygen atoms in total. The van der Waals surface area contributed by atoms with Crippen molar-refractivity contribution in [3.05, 3.63) is 53.9 Å². The van der Waals surface area contributed by atoms with Gasteiger partial charge in [0.2, 0.25) is 15.9 Å². The second kappa shape index (κ2) is 10.1. The normalized spacial score (nSPS) is 11.8. The average molecular weight is 459 g/mol. The molecule has 0 bridgehead atoms. The Hall–Kier alpha value is -2.91. The van der Waals surface area contributed by atoms with Crippen LogP contribution in [0.1, 0.15) is 24.7 Å². The lowest BCUT2D eigenvalue weighted by molar-refractivity contribution is -0.121. The number of aromatic nitrogens is 2. The van der Waals surface area contributed by atoms with Crippen molar-refractivity contribution in [3.8, 4) is 5.75 Å². The minimum atomic E-state index is -3.53. The van der Waals surface area contributed by atoms with Crippen LogP contribution in [0.5, 0.6) is 5.75 Å². The Bertz CT molecular complexity index is 1180. The van der Waals surface area contributed by atoms with Crippen LogP contribution in [0.2, 0.25) is 0 Å². The van der Waals surface area contributed by atoms with Gasteiger partial charge in [0.05, 0.1) is 23.0 Å². The van der Waals surface area contributed by atoms with Crippen molar-refractivity contribution in [2.75, 3.05) is 27.7 Å². The molecule has 172 valence electrons. The van der Waals surface area contributed by atoms with Gasteiger partial charge in [-0.2, -0.15) is 0 Å². The van der Waals surface area contributed by atoms with Gasteiger partial charge in [0.15, 0.2) is 0 Å². The van der Waals surface area contributed by atoms with Crippen molar-refractivity contribution < 1.29 is 17.9 Å². The van der Waals surface area contributed by atoms with E-state index in [0.29, 0.717) is 31.4 Å². The summed E-state index contributed by atoms with van der Waals surface area (Å²) in [5.41, 5.74) is 2.60. The monoisotopic (exact) mass is 458 g/mol. The summed E-state index contributed by atoms with van der Waals surface area (Å²) in [6, 6.07) is 12.7. The number of aryl methyl sites for hydroxylation is 2. The maximum Gasteiger partial charge on any atom is 0.242 e. The fourth-order valence-corrected chi connectivity index (χ4v) is 4.45. The number of hydrogen-bond donors (Lipinski definition) is 1. The molecule has 0 radical (unpaired) electrons. The van der Waals surface area contributed by atoms with Crippen LogP contribution in [0.4, 0.5) is 0 Å². The van der Waals surface area contributed by atoms with Gasteiger partial charge in [0.1, 0.15) is 11.6 Å². The van der Waals surface area contributed by atoms with Crippen molar-refractivity contribution in [3.63, 3.8) is 0 Å². The molecule has 1 N–H and O–H groups in total. The molecule has 0 spiro atoms. The van der Waals surface area contributed by atoms with E-state index in [9.17, 15) is 13.2 Å². The lowest BCUT2D eigenvalue weighted by Gasteiger charge is -2.11. The summed E-state index contributed by atoms with van der Waals surface area (Å²) in [6.07, 6.45) is 1.54. The summed E-state index contributed by atoms with van der Waals surface area (Å²) < 4.78 is 33.2. The molecule has 0 aliphatic rings. The Kier molecular flexibility index (Phi) is 7.52. The van der Waals surface area contributed by atoms with Crippen LogP contribution >= 0.6 is 0 Å². The SMILES string of the molecule is CCn1c(CCC(=O)NCCc2ccc(OC)cc2)nc2cc(S(=O)(=O)N(C)C)ccc21. The van der Waals surface area contributed by atoms with Crippen LogP contribution < -0.4 is 10.1 Å². The van der Waals surface area contributed by atoms with Crippen LogP contribution in [-0.4, -0.2) is 55.9 Å². The first-order valence-corrected chi connectivity index (χ1v) is 12.0. The van der Waals surface area contributed by atoms with Crippen LogP contribution in [0.25, 0.3) is 11.0 Å². The standard InChI is InChI=1S/C23H30N4O4S/c1-5-27-21-11-10-19(32(29,30)26(2)3)16-20(21)25-22(27)12-13-23(28)24-15-14-17-6-8-18(31-4)9-7-17/h6-11,16H,5,12-15H2,1-4H3,(H,24,28). The third kappa shape index (κ3) is 5.28. The number of fused-ring (bicyclic) bond motifs is 1. The topological polar surface area (TPSA) is 93.5 Å². The van der Waals surface area contributed by atoms with Crippen LogP contribution in [-0.2, 0) is 34.2 Å². The highest BCUT2D eigenvalue weighted by atomic mass is 32.2. The number of nitrogens with zero attached hydrogens (tertiary/aromatic N) is 3. The van der Waals surface area contributed by atoms with E-state index in [1.165, 1.54) is 18.4 Å². The van der Waals surface area contributed by atoms with Crippen molar-refractivity contribution in [2.45, 2.75) is 37.6 Å². The predicted molar refractivity (Wildman–Crippen MR) is 124 cm³/mol. The van der Waals surface area contributed by atoms with Gasteiger partial charge in [-0.3, -0.25) is 4.79 Å². The molecule has 0 unspecified atom stereocenters. The highest BCUT2D eigenvalue weighted by Crippen LogP contribution is 2.22. The first-order chi connectivity index (χ1) is 15.3. The maximum absolute atomic E-state index is 12.4. The Morgan fingerprint density at radius 1 is 1.12 bits per heavy atom. The van der Waals surface area contributed by atoms with E-state index < -0.39 is 10.0 Å². The molecule has 1 heterocycles. The third-order valence-corrected chi connectivity index (χ3v) is 7.18. The fraction of sp³-hybridized carbons (Fsp3) is 0.391. The van der Waals surface area contributed by atoms with E-state index >= 15 is 0 Å². The Labute approximate surface area is 189 Å². The molecule has 2 aromatic carbocycles. The van der Waals surface area contributed by atoms with E-state index in [4.69, 9.17) is 4.74 Å². The number of methoxy groups -OCH3 is 1. The van der Waals surface area contributed by atoms with Gasteiger partial charge in [0, 0.05) is 40.0 Å². The van der Waals surface area contributed by atoms with Gasteiger partial charge in [-0.05, 0) is 49.2 Å². The van der Waals surface area contributed by atoms with Crippen molar-refractivity contribution >= 4 is 27.0 Å². The van der Waals surface area contributed by atoms with E-state index in [1.807, 2.05) is 35.8 Å². The minimum absolute atomic E-state index is 0.0379. The lowest BCUT2D eigenvalue weighted by Crippen LogP contribution is -2.26. The number of ether oxygens (including phenoxy) is 1. The number of carbonyl (C=O) groups is 1. The van der Waals surface area contributed by atoms with Crippen molar-refractivity contribution in [1.29, 1.82) is 0 Å².